The lowest BCUT2D eigenvalue weighted by Gasteiger charge is -2.34. The number of benzene rings is 2. The Morgan fingerprint density at radius 1 is 1.07 bits per heavy atom. The molecule has 4 rings (SSSR count). The highest BCUT2D eigenvalue weighted by molar-refractivity contribution is 6.03. The Labute approximate surface area is 170 Å². The maximum absolute atomic E-state index is 12.7. The summed E-state index contributed by atoms with van der Waals surface area (Å²) in [7, 11) is 1.61. The molecule has 3 aromatic rings. The molecule has 6 nitrogen and oxygen atoms in total. The van der Waals surface area contributed by atoms with Crippen molar-refractivity contribution in [2.75, 3.05) is 37.0 Å². The molecule has 1 aromatic heterocycles. The largest absolute Gasteiger partial charge is 0.497 e. The number of rotatable bonds is 5. The van der Waals surface area contributed by atoms with Crippen molar-refractivity contribution in [3.63, 3.8) is 0 Å². The third-order valence-electron chi connectivity index (χ3n) is 5.02. The van der Waals surface area contributed by atoms with Gasteiger partial charge < -0.3 is 20.3 Å². The van der Waals surface area contributed by atoms with Gasteiger partial charge in [0.15, 0.2) is 0 Å². The van der Waals surface area contributed by atoms with E-state index in [2.05, 4.69) is 44.8 Å². The standard InChI is InChI=1S/C23H24N4O2/c1-29-19-12-10-18(11-13-19)25-23(28)20-8-5-9-22(26-20)27-15-14-24-21(16-27)17-6-3-2-4-7-17/h2-13,21,24H,14-16H2,1H3,(H,25,28)/t21-/m0/s1. The second-order valence-corrected chi connectivity index (χ2v) is 6.93. The van der Waals surface area contributed by atoms with E-state index in [1.54, 1.807) is 25.3 Å². The van der Waals surface area contributed by atoms with Crippen LogP contribution in [0, 0.1) is 0 Å². The van der Waals surface area contributed by atoms with Crippen LogP contribution in [-0.2, 0) is 0 Å². The first-order valence-corrected chi connectivity index (χ1v) is 9.68. The van der Waals surface area contributed by atoms with E-state index in [1.807, 2.05) is 30.3 Å². The van der Waals surface area contributed by atoms with Crippen molar-refractivity contribution >= 4 is 17.4 Å². The number of ether oxygens (including phenoxy) is 1. The second-order valence-electron chi connectivity index (χ2n) is 6.93. The molecule has 0 radical (unpaired) electrons. The predicted molar refractivity (Wildman–Crippen MR) is 115 cm³/mol. The van der Waals surface area contributed by atoms with Crippen LogP contribution in [0.5, 0.6) is 5.75 Å². The number of carbonyl (C=O) groups is 1. The zero-order chi connectivity index (χ0) is 20.1. The van der Waals surface area contributed by atoms with E-state index in [0.717, 1.165) is 31.2 Å². The fourth-order valence-corrected chi connectivity index (χ4v) is 3.46. The molecular formula is C23H24N4O2. The second kappa shape index (κ2) is 8.75. The lowest BCUT2D eigenvalue weighted by atomic mass is 10.0. The molecule has 0 saturated carbocycles. The number of hydrogen-bond donors (Lipinski definition) is 2. The monoisotopic (exact) mass is 388 g/mol. The fourth-order valence-electron chi connectivity index (χ4n) is 3.46. The smallest absolute Gasteiger partial charge is 0.274 e. The van der Waals surface area contributed by atoms with Crippen molar-refractivity contribution in [3.05, 3.63) is 84.1 Å². The molecule has 0 aliphatic carbocycles. The van der Waals surface area contributed by atoms with Crippen LogP contribution in [0.15, 0.2) is 72.8 Å². The zero-order valence-electron chi connectivity index (χ0n) is 16.3. The van der Waals surface area contributed by atoms with E-state index >= 15 is 0 Å². The molecule has 1 fully saturated rings. The van der Waals surface area contributed by atoms with Crippen LogP contribution < -0.4 is 20.3 Å². The average Bonchev–Trinajstić information content (AvgIpc) is 2.80. The van der Waals surface area contributed by atoms with E-state index in [9.17, 15) is 4.79 Å². The van der Waals surface area contributed by atoms with Crippen LogP contribution in [0.3, 0.4) is 0 Å². The van der Waals surface area contributed by atoms with Gasteiger partial charge in [-0.2, -0.15) is 0 Å². The van der Waals surface area contributed by atoms with Gasteiger partial charge in [-0.15, -0.1) is 0 Å². The molecule has 1 amide bonds. The summed E-state index contributed by atoms with van der Waals surface area (Å²) in [6, 6.07) is 23.4. The quantitative estimate of drug-likeness (QED) is 0.700. The SMILES string of the molecule is COc1ccc(NC(=O)c2cccc(N3CCN[C@H](c4ccccc4)C3)n2)cc1. The van der Waals surface area contributed by atoms with Crippen LogP contribution >= 0.6 is 0 Å². The summed E-state index contributed by atoms with van der Waals surface area (Å²) in [4.78, 5) is 19.5. The van der Waals surface area contributed by atoms with E-state index in [1.165, 1.54) is 5.56 Å². The summed E-state index contributed by atoms with van der Waals surface area (Å²) < 4.78 is 5.15. The maximum atomic E-state index is 12.7. The topological polar surface area (TPSA) is 66.5 Å². The molecular weight excluding hydrogens is 364 g/mol. The summed E-state index contributed by atoms with van der Waals surface area (Å²) in [5.74, 6) is 1.33. The van der Waals surface area contributed by atoms with Crippen LogP contribution in [0.25, 0.3) is 0 Å². The fraction of sp³-hybridized carbons (Fsp3) is 0.217. The summed E-state index contributed by atoms with van der Waals surface area (Å²) in [5, 5.41) is 6.44. The first-order chi connectivity index (χ1) is 14.2. The lowest BCUT2D eigenvalue weighted by molar-refractivity contribution is 0.102. The average molecular weight is 388 g/mol. The number of amides is 1. The molecule has 1 aliphatic rings. The van der Waals surface area contributed by atoms with Gasteiger partial charge >= 0.3 is 0 Å². The summed E-state index contributed by atoms with van der Waals surface area (Å²) in [6.07, 6.45) is 0. The van der Waals surface area contributed by atoms with Gasteiger partial charge in [0.1, 0.15) is 17.3 Å². The van der Waals surface area contributed by atoms with Gasteiger partial charge in [0.2, 0.25) is 0 Å². The van der Waals surface area contributed by atoms with Crippen LogP contribution in [-0.4, -0.2) is 37.6 Å². The zero-order valence-corrected chi connectivity index (χ0v) is 16.3. The number of nitrogens with one attached hydrogen (secondary N) is 2. The molecule has 6 heteroatoms. The number of aromatic nitrogens is 1. The number of nitrogens with zero attached hydrogens (tertiary/aromatic N) is 2. The Bertz CT molecular complexity index is 960. The third-order valence-corrected chi connectivity index (χ3v) is 5.02. The number of anilines is 2. The van der Waals surface area contributed by atoms with Crippen molar-refractivity contribution < 1.29 is 9.53 Å². The normalized spacial score (nSPS) is 16.3. The number of piperazine rings is 1. The van der Waals surface area contributed by atoms with E-state index in [4.69, 9.17) is 4.74 Å². The molecule has 0 bridgehead atoms. The minimum Gasteiger partial charge on any atom is -0.497 e. The van der Waals surface area contributed by atoms with Crippen LogP contribution in [0.4, 0.5) is 11.5 Å². The minimum atomic E-state index is -0.230. The molecule has 1 aliphatic heterocycles. The Kier molecular flexibility index (Phi) is 5.72. The van der Waals surface area contributed by atoms with Gasteiger partial charge in [-0.25, -0.2) is 4.98 Å². The van der Waals surface area contributed by atoms with Crippen molar-refractivity contribution in [1.82, 2.24) is 10.3 Å². The van der Waals surface area contributed by atoms with Gasteiger partial charge in [-0.3, -0.25) is 4.79 Å². The van der Waals surface area contributed by atoms with Crippen molar-refractivity contribution in [3.8, 4) is 5.75 Å². The molecule has 148 valence electrons. The molecule has 1 atom stereocenters. The Morgan fingerprint density at radius 3 is 2.62 bits per heavy atom. The number of hydrogen-bond acceptors (Lipinski definition) is 5. The summed E-state index contributed by atoms with van der Waals surface area (Å²) >= 11 is 0. The van der Waals surface area contributed by atoms with Crippen molar-refractivity contribution in [2.45, 2.75) is 6.04 Å². The summed E-state index contributed by atoms with van der Waals surface area (Å²) in [5.41, 5.74) is 2.35. The van der Waals surface area contributed by atoms with Gasteiger partial charge in [0.25, 0.3) is 5.91 Å². The van der Waals surface area contributed by atoms with E-state index < -0.39 is 0 Å². The van der Waals surface area contributed by atoms with Crippen LogP contribution in [0.1, 0.15) is 22.1 Å². The molecule has 2 aromatic carbocycles. The molecule has 0 spiro atoms. The van der Waals surface area contributed by atoms with Crippen LogP contribution in [0.2, 0.25) is 0 Å². The number of methoxy groups -OCH3 is 1. The molecule has 2 heterocycles. The highest BCUT2D eigenvalue weighted by Crippen LogP contribution is 2.22. The third kappa shape index (κ3) is 4.55. The molecule has 0 unspecified atom stereocenters. The highest BCUT2D eigenvalue weighted by Gasteiger charge is 2.22. The van der Waals surface area contributed by atoms with E-state index in [0.29, 0.717) is 11.4 Å². The first-order valence-electron chi connectivity index (χ1n) is 9.68. The Morgan fingerprint density at radius 2 is 1.86 bits per heavy atom. The Balaban J connectivity index is 1.46. The Hall–Kier alpha value is -3.38. The predicted octanol–water partition coefficient (Wildman–Crippen LogP) is 3.49. The van der Waals surface area contributed by atoms with E-state index in [-0.39, 0.29) is 11.9 Å². The maximum Gasteiger partial charge on any atom is 0.274 e. The van der Waals surface area contributed by atoms with Crippen molar-refractivity contribution in [1.29, 1.82) is 0 Å². The van der Waals surface area contributed by atoms with Crippen molar-refractivity contribution in [2.24, 2.45) is 0 Å². The minimum absolute atomic E-state index is 0.230. The number of carbonyl (C=O) groups excluding carboxylic acids is 1. The number of pyridine rings is 1. The highest BCUT2D eigenvalue weighted by atomic mass is 16.5. The van der Waals surface area contributed by atoms with Gasteiger partial charge in [-0.05, 0) is 42.0 Å². The molecule has 2 N–H and O–H groups in total. The van der Waals surface area contributed by atoms with Gasteiger partial charge in [0.05, 0.1) is 7.11 Å². The van der Waals surface area contributed by atoms with Gasteiger partial charge in [0, 0.05) is 31.4 Å². The summed E-state index contributed by atoms with van der Waals surface area (Å²) in [6.45, 7) is 2.52. The molecule has 29 heavy (non-hydrogen) atoms. The lowest BCUT2D eigenvalue weighted by Crippen LogP contribution is -2.46. The van der Waals surface area contributed by atoms with Gasteiger partial charge in [-0.1, -0.05) is 36.4 Å². The molecule has 1 saturated heterocycles. The first kappa shape index (κ1) is 19.0.